The van der Waals surface area contributed by atoms with E-state index in [1.54, 1.807) is 51.2 Å². The first-order chi connectivity index (χ1) is 14.6. The summed E-state index contributed by atoms with van der Waals surface area (Å²) in [5.74, 6) is 0.00240. The molecule has 0 bridgehead atoms. The van der Waals surface area contributed by atoms with Gasteiger partial charge in [0.15, 0.2) is 0 Å². The van der Waals surface area contributed by atoms with E-state index in [9.17, 15) is 14.7 Å². The fourth-order valence-corrected chi connectivity index (χ4v) is 3.83. The van der Waals surface area contributed by atoms with Gasteiger partial charge in [-0.3, -0.25) is 4.79 Å². The fourth-order valence-electron chi connectivity index (χ4n) is 3.62. The van der Waals surface area contributed by atoms with Crippen molar-refractivity contribution in [3.8, 4) is 0 Å². The number of hydrogen-bond acceptors (Lipinski definition) is 7. The van der Waals surface area contributed by atoms with Crippen molar-refractivity contribution in [3.05, 3.63) is 52.2 Å². The number of aliphatic hydroxyl groups is 1. The number of nitrogens with zero attached hydrogens (tertiary/aromatic N) is 2. The van der Waals surface area contributed by atoms with Crippen LogP contribution in [0.25, 0.3) is 0 Å². The lowest BCUT2D eigenvalue weighted by Gasteiger charge is -2.23. The number of ether oxygens (including phenoxy) is 2. The van der Waals surface area contributed by atoms with Crippen LogP contribution < -0.4 is 5.32 Å². The van der Waals surface area contributed by atoms with Crippen molar-refractivity contribution in [2.24, 2.45) is 0 Å². The molecule has 0 radical (unpaired) electrons. The highest BCUT2D eigenvalue weighted by Gasteiger charge is 2.38. The first-order valence-corrected chi connectivity index (χ1v) is 10.4. The van der Waals surface area contributed by atoms with Gasteiger partial charge in [0.1, 0.15) is 17.0 Å². The van der Waals surface area contributed by atoms with Crippen LogP contribution in [0.5, 0.6) is 0 Å². The second-order valence-electron chi connectivity index (χ2n) is 8.71. The summed E-state index contributed by atoms with van der Waals surface area (Å²) < 4.78 is 10.6. The molecule has 2 aromatic rings. The second kappa shape index (κ2) is 7.78. The zero-order chi connectivity index (χ0) is 22.4. The summed E-state index contributed by atoms with van der Waals surface area (Å²) in [7, 11) is 0. The van der Waals surface area contributed by atoms with Crippen LogP contribution in [-0.2, 0) is 21.6 Å². The number of nitrogens with one attached hydrogen (secondary N) is 1. The Morgan fingerprint density at radius 2 is 2.10 bits per heavy atom. The molecule has 1 aromatic heterocycles. The Morgan fingerprint density at radius 1 is 1.32 bits per heavy atom. The zero-order valence-electron chi connectivity index (χ0n) is 17.6. The summed E-state index contributed by atoms with van der Waals surface area (Å²) >= 11 is 6.31. The number of aromatic nitrogens is 1. The minimum absolute atomic E-state index is 0.0385. The predicted molar refractivity (Wildman–Crippen MR) is 114 cm³/mol. The standard InChI is InChI=1S/C22H24ClN3O5/c1-21(2,3)31-20(28)26-11-14-15(23)5-6-16(18(14)19(26)27)25-17-7-4-13(10-24-17)22(29)8-9-30-12-22/h4-7,10,29H,8-9,11-12H2,1-3H3,(H,24,25). The number of carbonyl (C=O) groups excluding carboxylic acids is 2. The maximum absolute atomic E-state index is 13.0. The minimum Gasteiger partial charge on any atom is -0.443 e. The molecule has 1 unspecified atom stereocenters. The van der Waals surface area contributed by atoms with E-state index in [0.717, 1.165) is 4.90 Å². The molecule has 2 aliphatic rings. The molecular formula is C22H24ClN3O5. The quantitative estimate of drug-likeness (QED) is 0.736. The van der Waals surface area contributed by atoms with Gasteiger partial charge in [-0.2, -0.15) is 0 Å². The van der Waals surface area contributed by atoms with Crippen LogP contribution in [-0.4, -0.2) is 45.8 Å². The summed E-state index contributed by atoms with van der Waals surface area (Å²) in [6.07, 6.45) is 1.38. The molecule has 2 aliphatic heterocycles. The first kappa shape index (κ1) is 21.5. The highest BCUT2D eigenvalue weighted by atomic mass is 35.5. The molecule has 1 fully saturated rings. The Morgan fingerprint density at radius 3 is 2.71 bits per heavy atom. The van der Waals surface area contributed by atoms with E-state index >= 15 is 0 Å². The molecule has 1 atom stereocenters. The lowest BCUT2D eigenvalue weighted by Crippen LogP contribution is -2.37. The van der Waals surface area contributed by atoms with Crippen molar-refractivity contribution in [1.82, 2.24) is 9.88 Å². The molecule has 0 aliphatic carbocycles. The van der Waals surface area contributed by atoms with Gasteiger partial charge in [0, 0.05) is 35.4 Å². The van der Waals surface area contributed by atoms with Crippen molar-refractivity contribution in [2.45, 2.75) is 44.9 Å². The number of amides is 2. The van der Waals surface area contributed by atoms with E-state index in [-0.39, 0.29) is 13.2 Å². The van der Waals surface area contributed by atoms with Gasteiger partial charge in [-0.1, -0.05) is 17.7 Å². The largest absolute Gasteiger partial charge is 0.443 e. The van der Waals surface area contributed by atoms with Crippen LogP contribution in [0, 0.1) is 0 Å². The third-order valence-electron chi connectivity index (χ3n) is 5.21. The second-order valence-corrected chi connectivity index (χ2v) is 9.12. The van der Waals surface area contributed by atoms with Crippen molar-refractivity contribution in [3.63, 3.8) is 0 Å². The van der Waals surface area contributed by atoms with Gasteiger partial charge in [0.25, 0.3) is 5.91 Å². The Kier molecular flexibility index (Phi) is 5.41. The van der Waals surface area contributed by atoms with Gasteiger partial charge in [0.2, 0.25) is 0 Å². The van der Waals surface area contributed by atoms with Gasteiger partial charge in [-0.05, 0) is 39.0 Å². The summed E-state index contributed by atoms with van der Waals surface area (Å²) in [5.41, 5.74) is 0.264. The number of rotatable bonds is 3. The third-order valence-corrected chi connectivity index (χ3v) is 5.56. The monoisotopic (exact) mass is 445 g/mol. The Balaban J connectivity index is 1.58. The average Bonchev–Trinajstić information content (AvgIpc) is 3.29. The topological polar surface area (TPSA) is 101 Å². The van der Waals surface area contributed by atoms with E-state index < -0.39 is 23.2 Å². The van der Waals surface area contributed by atoms with Crippen LogP contribution in [0.3, 0.4) is 0 Å². The number of pyridine rings is 1. The summed E-state index contributed by atoms with van der Waals surface area (Å²) in [4.78, 5) is 30.9. The van der Waals surface area contributed by atoms with Gasteiger partial charge >= 0.3 is 6.09 Å². The molecule has 0 spiro atoms. The van der Waals surface area contributed by atoms with Crippen LogP contribution in [0.4, 0.5) is 16.3 Å². The lowest BCUT2D eigenvalue weighted by molar-refractivity contribution is 0.0228. The molecule has 2 N–H and O–H groups in total. The molecular weight excluding hydrogens is 422 g/mol. The van der Waals surface area contributed by atoms with Gasteiger partial charge in [-0.25, -0.2) is 14.7 Å². The third kappa shape index (κ3) is 4.23. The molecule has 1 aromatic carbocycles. The maximum Gasteiger partial charge on any atom is 0.417 e. The van der Waals surface area contributed by atoms with E-state index in [1.165, 1.54) is 0 Å². The maximum atomic E-state index is 13.0. The summed E-state index contributed by atoms with van der Waals surface area (Å²) in [6, 6.07) is 6.83. The number of fused-ring (bicyclic) bond motifs is 1. The molecule has 31 heavy (non-hydrogen) atoms. The van der Waals surface area contributed by atoms with E-state index in [0.29, 0.717) is 46.2 Å². The normalized spacial score (nSPS) is 20.7. The molecule has 164 valence electrons. The van der Waals surface area contributed by atoms with Crippen molar-refractivity contribution >= 4 is 35.1 Å². The fraction of sp³-hybridized carbons (Fsp3) is 0.409. The lowest BCUT2D eigenvalue weighted by atomic mass is 9.95. The number of hydrogen-bond donors (Lipinski definition) is 2. The summed E-state index contributed by atoms with van der Waals surface area (Å²) in [6.45, 7) is 5.99. The van der Waals surface area contributed by atoms with Crippen molar-refractivity contribution < 1.29 is 24.2 Å². The number of carbonyl (C=O) groups is 2. The van der Waals surface area contributed by atoms with Crippen LogP contribution in [0.15, 0.2) is 30.5 Å². The minimum atomic E-state index is -1.03. The van der Waals surface area contributed by atoms with E-state index in [2.05, 4.69) is 10.3 Å². The smallest absolute Gasteiger partial charge is 0.417 e. The molecule has 2 amide bonds. The Hall–Kier alpha value is -2.68. The number of imide groups is 1. The van der Waals surface area contributed by atoms with Crippen LogP contribution >= 0.6 is 11.6 Å². The average molecular weight is 446 g/mol. The molecule has 3 heterocycles. The highest BCUT2D eigenvalue weighted by Crippen LogP contribution is 2.37. The number of benzene rings is 1. The van der Waals surface area contributed by atoms with Gasteiger partial charge in [-0.15, -0.1) is 0 Å². The molecule has 1 saturated heterocycles. The highest BCUT2D eigenvalue weighted by molar-refractivity contribution is 6.32. The Labute approximate surface area is 185 Å². The predicted octanol–water partition coefficient (Wildman–Crippen LogP) is 3.98. The van der Waals surface area contributed by atoms with Crippen molar-refractivity contribution in [2.75, 3.05) is 18.5 Å². The van der Waals surface area contributed by atoms with Crippen LogP contribution in [0.2, 0.25) is 5.02 Å². The first-order valence-electron chi connectivity index (χ1n) is 9.97. The Bertz CT molecular complexity index is 1030. The molecule has 0 saturated carbocycles. The molecule has 8 nitrogen and oxygen atoms in total. The van der Waals surface area contributed by atoms with Gasteiger partial charge in [0.05, 0.1) is 24.4 Å². The SMILES string of the molecule is CC(C)(C)OC(=O)N1Cc2c(Cl)ccc(Nc3ccc(C4(O)CCOC4)cn3)c2C1=O. The van der Waals surface area contributed by atoms with E-state index in [4.69, 9.17) is 21.1 Å². The van der Waals surface area contributed by atoms with Gasteiger partial charge < -0.3 is 19.9 Å². The zero-order valence-corrected chi connectivity index (χ0v) is 18.3. The molecule has 9 heteroatoms. The number of halogens is 1. The molecule has 4 rings (SSSR count). The number of anilines is 2. The van der Waals surface area contributed by atoms with Crippen LogP contribution in [0.1, 0.15) is 48.7 Å². The summed E-state index contributed by atoms with van der Waals surface area (Å²) in [5, 5.41) is 14.1. The van der Waals surface area contributed by atoms with E-state index in [1.807, 2.05) is 0 Å². The van der Waals surface area contributed by atoms with Crippen molar-refractivity contribution in [1.29, 1.82) is 0 Å².